The molecule has 3 aromatic rings. The minimum atomic E-state index is -0.759. The van der Waals surface area contributed by atoms with Crippen LogP contribution in [-0.2, 0) is 29.0 Å². The van der Waals surface area contributed by atoms with Crippen molar-refractivity contribution in [3.63, 3.8) is 0 Å². The van der Waals surface area contributed by atoms with Gasteiger partial charge in [-0.15, -0.1) is 0 Å². The number of benzene rings is 3. The summed E-state index contributed by atoms with van der Waals surface area (Å²) in [6.45, 7) is 8.94. The first kappa shape index (κ1) is 32.3. The lowest BCUT2D eigenvalue weighted by atomic mass is 10.0. The Kier molecular flexibility index (Phi) is 12.8. The first-order valence-electron chi connectivity index (χ1n) is 14.2. The van der Waals surface area contributed by atoms with Crippen LogP contribution in [0.4, 0.5) is 0 Å². The van der Waals surface area contributed by atoms with Crippen molar-refractivity contribution in [1.29, 1.82) is 0 Å². The molecule has 3 aromatic carbocycles. The molecule has 0 saturated heterocycles. The quantitative estimate of drug-likeness (QED) is 0.199. The van der Waals surface area contributed by atoms with Gasteiger partial charge in [-0.3, -0.25) is 9.59 Å². The maximum Gasteiger partial charge on any atom is 0.243 e. The van der Waals surface area contributed by atoms with Crippen LogP contribution in [0.1, 0.15) is 57.2 Å². The number of carbonyl (C=O) groups is 2. The van der Waals surface area contributed by atoms with Crippen molar-refractivity contribution < 1.29 is 19.1 Å². The molecule has 41 heavy (non-hydrogen) atoms. The highest BCUT2D eigenvalue weighted by atomic mass is 35.5. The second-order valence-corrected chi connectivity index (χ2v) is 10.7. The molecule has 6 nitrogen and oxygen atoms in total. The Labute approximate surface area is 253 Å². The highest BCUT2D eigenvalue weighted by Crippen LogP contribution is 2.30. The lowest BCUT2D eigenvalue weighted by Gasteiger charge is -2.33. The van der Waals surface area contributed by atoms with Gasteiger partial charge in [0, 0.05) is 41.0 Å². The smallest absolute Gasteiger partial charge is 0.243 e. The molecule has 0 saturated carbocycles. The van der Waals surface area contributed by atoms with E-state index in [1.165, 1.54) is 0 Å². The van der Waals surface area contributed by atoms with Crippen molar-refractivity contribution in [3.05, 3.63) is 93.5 Å². The third kappa shape index (κ3) is 9.40. The van der Waals surface area contributed by atoms with Gasteiger partial charge in [-0.25, -0.2) is 0 Å². The number of halogens is 2. The van der Waals surface area contributed by atoms with Crippen molar-refractivity contribution in [2.45, 2.75) is 72.0 Å². The fraction of sp³-hybridized carbons (Fsp3) is 0.394. The van der Waals surface area contributed by atoms with E-state index in [1.807, 2.05) is 76.2 Å². The predicted molar refractivity (Wildman–Crippen MR) is 166 cm³/mol. The van der Waals surface area contributed by atoms with E-state index in [0.717, 1.165) is 17.5 Å². The van der Waals surface area contributed by atoms with Crippen LogP contribution in [-0.4, -0.2) is 42.0 Å². The third-order valence-corrected chi connectivity index (χ3v) is 7.61. The molecule has 8 heteroatoms. The van der Waals surface area contributed by atoms with Gasteiger partial charge in [0.05, 0.1) is 13.2 Å². The molecule has 0 aliphatic heterocycles. The summed E-state index contributed by atoms with van der Waals surface area (Å²) in [4.78, 5) is 29.4. The van der Waals surface area contributed by atoms with Gasteiger partial charge in [0.15, 0.2) is 11.5 Å². The van der Waals surface area contributed by atoms with Gasteiger partial charge >= 0.3 is 0 Å². The van der Waals surface area contributed by atoms with E-state index in [1.54, 1.807) is 23.1 Å². The van der Waals surface area contributed by atoms with Crippen molar-refractivity contribution >= 4 is 35.0 Å². The highest BCUT2D eigenvalue weighted by Gasteiger charge is 2.31. The molecule has 0 aromatic heterocycles. The number of nitrogens with one attached hydrogen (secondary N) is 1. The Morgan fingerprint density at radius 2 is 1.51 bits per heavy atom. The first-order valence-corrected chi connectivity index (χ1v) is 15.0. The Morgan fingerprint density at radius 1 is 0.854 bits per heavy atom. The fourth-order valence-electron chi connectivity index (χ4n) is 4.49. The molecular weight excluding hydrogens is 559 g/mol. The van der Waals surface area contributed by atoms with Crippen LogP contribution >= 0.6 is 23.2 Å². The largest absolute Gasteiger partial charge is 0.490 e. The molecule has 0 heterocycles. The van der Waals surface area contributed by atoms with Crippen LogP contribution in [0.5, 0.6) is 11.5 Å². The van der Waals surface area contributed by atoms with Crippen molar-refractivity contribution in [2.75, 3.05) is 13.2 Å². The topological polar surface area (TPSA) is 67.9 Å². The van der Waals surface area contributed by atoms with E-state index >= 15 is 0 Å². The van der Waals surface area contributed by atoms with Gasteiger partial charge in [-0.1, -0.05) is 72.6 Å². The second kappa shape index (κ2) is 16.3. The minimum Gasteiger partial charge on any atom is -0.490 e. The average molecular weight is 600 g/mol. The number of aryl methyl sites for hydroxylation is 1. The zero-order valence-electron chi connectivity index (χ0n) is 24.3. The zero-order valence-corrected chi connectivity index (χ0v) is 25.8. The molecule has 0 radical (unpaired) electrons. The Morgan fingerprint density at radius 3 is 2.15 bits per heavy atom. The fourth-order valence-corrected chi connectivity index (χ4v) is 5.01. The molecule has 0 fully saturated rings. The lowest BCUT2D eigenvalue weighted by Crippen LogP contribution is -2.52. The monoisotopic (exact) mass is 598 g/mol. The van der Waals surface area contributed by atoms with Crippen LogP contribution in [0.15, 0.2) is 66.7 Å². The molecule has 3 rings (SSSR count). The number of nitrogens with zero attached hydrogens (tertiary/aromatic N) is 1. The van der Waals surface area contributed by atoms with Gasteiger partial charge in [0.25, 0.3) is 0 Å². The molecule has 2 atom stereocenters. The summed E-state index contributed by atoms with van der Waals surface area (Å²) >= 11 is 13.1. The van der Waals surface area contributed by atoms with Crippen LogP contribution in [0, 0.1) is 0 Å². The Hall–Kier alpha value is -3.22. The maximum atomic E-state index is 14.0. The van der Waals surface area contributed by atoms with Crippen LogP contribution in [0.2, 0.25) is 10.0 Å². The zero-order chi connectivity index (χ0) is 29.8. The normalized spacial score (nSPS) is 12.3. The molecule has 0 spiro atoms. The van der Waals surface area contributed by atoms with Gasteiger partial charge in [-0.2, -0.15) is 0 Å². The number of ether oxygens (including phenoxy) is 2. The van der Waals surface area contributed by atoms with Crippen LogP contribution in [0.3, 0.4) is 0 Å². The summed E-state index contributed by atoms with van der Waals surface area (Å²) in [6, 6.07) is 19.9. The van der Waals surface area contributed by atoms with E-state index in [-0.39, 0.29) is 30.8 Å². The Balaban J connectivity index is 1.95. The summed E-state index contributed by atoms with van der Waals surface area (Å²) in [6.07, 6.45) is 1.77. The maximum absolute atomic E-state index is 14.0. The molecule has 0 unspecified atom stereocenters. The van der Waals surface area contributed by atoms with Gasteiger partial charge in [-0.05, 0) is 69.0 Å². The van der Waals surface area contributed by atoms with E-state index in [4.69, 9.17) is 32.7 Å². The summed E-state index contributed by atoms with van der Waals surface area (Å²) in [7, 11) is 0. The number of rotatable bonds is 15. The highest BCUT2D eigenvalue weighted by molar-refractivity contribution is 6.36. The summed E-state index contributed by atoms with van der Waals surface area (Å²) in [5, 5.41) is 3.98. The number of amides is 2. The van der Waals surface area contributed by atoms with Gasteiger partial charge < -0.3 is 19.7 Å². The van der Waals surface area contributed by atoms with Crippen molar-refractivity contribution in [2.24, 2.45) is 0 Å². The number of carbonyl (C=O) groups excluding carboxylic acids is 2. The standard InChI is InChI=1S/C33H40Cl2N2O4/c1-5-23(4)36-33(39)29(20-24-12-9-8-10-13-24)37(22-26-27(34)14-11-15-28(26)35)32(38)19-17-25-16-18-30(40-6-2)31(21-25)41-7-3/h8-16,18,21,23,29H,5-7,17,19-20,22H2,1-4H3,(H,36,39)/t23-,29+/m0/s1. The number of hydrogen-bond donors (Lipinski definition) is 1. The van der Waals surface area contributed by atoms with Crippen LogP contribution in [0.25, 0.3) is 0 Å². The minimum absolute atomic E-state index is 0.0394. The van der Waals surface area contributed by atoms with Gasteiger partial charge in [0.2, 0.25) is 11.8 Å². The SMILES string of the molecule is CCOc1ccc(CCC(=O)N(Cc2c(Cl)cccc2Cl)[C@H](Cc2ccccc2)C(=O)N[C@@H](C)CC)cc1OCC. The molecule has 220 valence electrons. The van der Waals surface area contributed by atoms with E-state index < -0.39 is 6.04 Å². The summed E-state index contributed by atoms with van der Waals surface area (Å²) in [5.74, 6) is 0.936. The molecule has 0 aliphatic carbocycles. The third-order valence-electron chi connectivity index (χ3n) is 6.90. The number of hydrogen-bond acceptors (Lipinski definition) is 4. The average Bonchev–Trinajstić information content (AvgIpc) is 2.96. The van der Waals surface area contributed by atoms with Crippen molar-refractivity contribution in [3.8, 4) is 11.5 Å². The van der Waals surface area contributed by atoms with E-state index in [9.17, 15) is 9.59 Å². The molecule has 1 N–H and O–H groups in total. The molecule has 0 aliphatic rings. The van der Waals surface area contributed by atoms with Gasteiger partial charge in [0.1, 0.15) is 6.04 Å². The second-order valence-electron chi connectivity index (χ2n) is 9.89. The molecular formula is C33H40Cl2N2O4. The molecule has 0 bridgehead atoms. The van der Waals surface area contributed by atoms with E-state index in [2.05, 4.69) is 5.32 Å². The lowest BCUT2D eigenvalue weighted by molar-refractivity contribution is -0.141. The van der Waals surface area contributed by atoms with Crippen molar-refractivity contribution in [1.82, 2.24) is 10.2 Å². The first-order chi connectivity index (χ1) is 19.8. The van der Waals surface area contributed by atoms with E-state index in [0.29, 0.717) is 53.2 Å². The van der Waals surface area contributed by atoms with Crippen LogP contribution < -0.4 is 14.8 Å². The Bertz CT molecular complexity index is 1270. The molecule has 2 amide bonds. The summed E-state index contributed by atoms with van der Waals surface area (Å²) in [5.41, 5.74) is 2.50. The predicted octanol–water partition coefficient (Wildman–Crippen LogP) is 7.28. The summed E-state index contributed by atoms with van der Waals surface area (Å²) < 4.78 is 11.5.